The van der Waals surface area contributed by atoms with E-state index in [4.69, 9.17) is 5.73 Å². The first-order chi connectivity index (χ1) is 5.72. The van der Waals surface area contributed by atoms with Crippen molar-refractivity contribution in [1.29, 1.82) is 0 Å². The minimum Gasteiger partial charge on any atom is -0.321 e. The van der Waals surface area contributed by atoms with E-state index >= 15 is 0 Å². The Bertz CT molecular complexity index is 188. The molecule has 2 heteroatoms. The highest BCUT2D eigenvalue weighted by Gasteiger charge is 2.10. The number of hydrogen-bond acceptors (Lipinski definition) is 2. The fourth-order valence-electron chi connectivity index (χ4n) is 0.892. The van der Waals surface area contributed by atoms with Crippen molar-refractivity contribution < 1.29 is 4.79 Å². The van der Waals surface area contributed by atoms with Crippen LogP contribution in [0.1, 0.15) is 39.5 Å². The minimum absolute atomic E-state index is 0.0674. The van der Waals surface area contributed by atoms with Crippen molar-refractivity contribution in [2.24, 2.45) is 5.73 Å². The molecule has 0 bridgehead atoms. The smallest absolute Gasteiger partial charge is 0.161 e. The highest BCUT2D eigenvalue weighted by molar-refractivity contribution is 5.85. The van der Waals surface area contributed by atoms with Crippen LogP contribution in [-0.4, -0.2) is 11.8 Å². The molecule has 0 saturated carbocycles. The zero-order valence-electron chi connectivity index (χ0n) is 7.89. The zero-order valence-corrected chi connectivity index (χ0v) is 7.89. The van der Waals surface area contributed by atoms with Gasteiger partial charge in [-0.05, 0) is 13.3 Å². The molecule has 2 N–H and O–H groups in total. The lowest BCUT2D eigenvalue weighted by molar-refractivity contribution is -0.119. The van der Waals surface area contributed by atoms with Crippen molar-refractivity contribution >= 4 is 5.78 Å². The summed E-state index contributed by atoms with van der Waals surface area (Å²) in [7, 11) is 0. The number of ketones is 1. The summed E-state index contributed by atoms with van der Waals surface area (Å²) in [6.07, 6.45) is 3.20. The van der Waals surface area contributed by atoms with Gasteiger partial charge in [-0.1, -0.05) is 25.7 Å². The van der Waals surface area contributed by atoms with E-state index in [0.29, 0.717) is 6.42 Å². The average Bonchev–Trinajstić information content (AvgIpc) is 2.10. The Morgan fingerprint density at radius 2 is 2.25 bits per heavy atom. The Hall–Kier alpha value is -0.810. The molecule has 0 amide bonds. The van der Waals surface area contributed by atoms with E-state index in [-0.39, 0.29) is 11.8 Å². The van der Waals surface area contributed by atoms with E-state index in [9.17, 15) is 4.79 Å². The SMILES string of the molecule is CC#CCC(=O)C(N)CCCC. The zero-order chi connectivity index (χ0) is 9.40. The second-order valence-electron chi connectivity index (χ2n) is 2.82. The van der Waals surface area contributed by atoms with E-state index in [1.807, 2.05) is 0 Å². The fourth-order valence-corrected chi connectivity index (χ4v) is 0.892. The fraction of sp³-hybridized carbons (Fsp3) is 0.700. The van der Waals surface area contributed by atoms with Crippen molar-refractivity contribution in [2.45, 2.75) is 45.6 Å². The van der Waals surface area contributed by atoms with Gasteiger partial charge in [0.25, 0.3) is 0 Å². The molecular formula is C10H17NO. The van der Waals surface area contributed by atoms with Gasteiger partial charge in [0.2, 0.25) is 0 Å². The number of Topliss-reactive ketones (excluding diaryl/α,β-unsaturated/α-hetero) is 1. The highest BCUT2D eigenvalue weighted by atomic mass is 16.1. The standard InChI is InChI=1S/C10H17NO/c1-3-5-7-9(11)10(12)8-6-4-2/h9H,3,5,7-8,11H2,1-2H3. The monoisotopic (exact) mass is 167 g/mol. The Morgan fingerprint density at radius 1 is 1.58 bits per heavy atom. The first kappa shape index (κ1) is 11.2. The maximum Gasteiger partial charge on any atom is 0.161 e. The molecule has 0 saturated heterocycles. The summed E-state index contributed by atoms with van der Waals surface area (Å²) in [6.45, 7) is 3.81. The molecule has 0 aliphatic heterocycles. The van der Waals surface area contributed by atoms with E-state index < -0.39 is 0 Å². The Kier molecular flexibility index (Phi) is 6.41. The van der Waals surface area contributed by atoms with Gasteiger partial charge in [0.05, 0.1) is 12.5 Å². The van der Waals surface area contributed by atoms with Gasteiger partial charge in [-0.3, -0.25) is 4.79 Å². The summed E-state index contributed by atoms with van der Waals surface area (Å²) < 4.78 is 0. The summed E-state index contributed by atoms with van der Waals surface area (Å²) in [5.74, 6) is 5.48. The summed E-state index contributed by atoms with van der Waals surface area (Å²) in [6, 6.07) is -0.300. The Morgan fingerprint density at radius 3 is 2.75 bits per heavy atom. The van der Waals surface area contributed by atoms with Gasteiger partial charge in [0, 0.05) is 0 Å². The molecule has 0 aliphatic carbocycles. The van der Waals surface area contributed by atoms with Gasteiger partial charge in [-0.2, -0.15) is 0 Å². The number of hydrogen-bond donors (Lipinski definition) is 1. The second-order valence-corrected chi connectivity index (χ2v) is 2.82. The highest BCUT2D eigenvalue weighted by Crippen LogP contribution is 2.00. The lowest BCUT2D eigenvalue weighted by atomic mass is 10.0. The number of carbonyl (C=O) groups is 1. The van der Waals surface area contributed by atoms with Crippen LogP contribution in [0.4, 0.5) is 0 Å². The summed E-state index contributed by atoms with van der Waals surface area (Å²) in [5.41, 5.74) is 5.63. The summed E-state index contributed by atoms with van der Waals surface area (Å²) in [4.78, 5) is 11.2. The van der Waals surface area contributed by atoms with Crippen molar-refractivity contribution in [1.82, 2.24) is 0 Å². The molecule has 0 radical (unpaired) electrons. The molecule has 0 aromatic heterocycles. The molecular weight excluding hydrogens is 150 g/mol. The van der Waals surface area contributed by atoms with Crippen molar-refractivity contribution in [3.8, 4) is 11.8 Å². The van der Waals surface area contributed by atoms with Crippen LogP contribution in [0.15, 0.2) is 0 Å². The number of rotatable bonds is 5. The molecule has 0 aromatic rings. The van der Waals surface area contributed by atoms with Crippen LogP contribution in [0, 0.1) is 11.8 Å². The molecule has 1 unspecified atom stereocenters. The Labute approximate surface area is 74.5 Å². The van der Waals surface area contributed by atoms with E-state index in [0.717, 1.165) is 19.3 Å². The van der Waals surface area contributed by atoms with Crippen molar-refractivity contribution in [2.75, 3.05) is 0 Å². The maximum absolute atomic E-state index is 11.2. The van der Waals surface area contributed by atoms with Crippen LogP contribution in [0.3, 0.4) is 0 Å². The van der Waals surface area contributed by atoms with Gasteiger partial charge in [0.1, 0.15) is 0 Å². The molecule has 0 rings (SSSR count). The predicted molar refractivity (Wildman–Crippen MR) is 50.6 cm³/mol. The van der Waals surface area contributed by atoms with Crippen LogP contribution in [0.5, 0.6) is 0 Å². The van der Waals surface area contributed by atoms with Crippen molar-refractivity contribution in [3.05, 3.63) is 0 Å². The summed E-state index contributed by atoms with van der Waals surface area (Å²) in [5, 5.41) is 0. The van der Waals surface area contributed by atoms with Crippen LogP contribution in [0.25, 0.3) is 0 Å². The van der Waals surface area contributed by atoms with E-state index in [2.05, 4.69) is 18.8 Å². The third kappa shape index (κ3) is 4.92. The topological polar surface area (TPSA) is 43.1 Å². The van der Waals surface area contributed by atoms with Gasteiger partial charge >= 0.3 is 0 Å². The van der Waals surface area contributed by atoms with E-state index in [1.54, 1.807) is 6.92 Å². The van der Waals surface area contributed by atoms with Crippen LogP contribution in [0.2, 0.25) is 0 Å². The van der Waals surface area contributed by atoms with E-state index in [1.165, 1.54) is 0 Å². The van der Waals surface area contributed by atoms with Gasteiger partial charge in [-0.15, -0.1) is 5.92 Å². The van der Waals surface area contributed by atoms with Crippen LogP contribution < -0.4 is 5.73 Å². The molecule has 2 nitrogen and oxygen atoms in total. The average molecular weight is 167 g/mol. The molecule has 12 heavy (non-hydrogen) atoms. The summed E-state index contributed by atoms with van der Waals surface area (Å²) >= 11 is 0. The molecule has 0 aliphatic rings. The minimum atomic E-state index is -0.300. The Balaban J connectivity index is 3.66. The van der Waals surface area contributed by atoms with Gasteiger partial charge in [-0.25, -0.2) is 0 Å². The third-order valence-corrected chi connectivity index (χ3v) is 1.72. The number of nitrogens with two attached hydrogens (primary N) is 1. The van der Waals surface area contributed by atoms with Crippen LogP contribution in [-0.2, 0) is 4.79 Å². The second kappa shape index (κ2) is 6.87. The molecule has 0 fully saturated rings. The largest absolute Gasteiger partial charge is 0.321 e. The first-order valence-corrected chi connectivity index (χ1v) is 4.40. The molecule has 0 aromatic carbocycles. The molecule has 0 heterocycles. The number of unbranched alkanes of at least 4 members (excludes halogenated alkanes) is 1. The molecule has 0 spiro atoms. The normalized spacial score (nSPS) is 11.6. The predicted octanol–water partition coefficient (Wildman–Crippen LogP) is 1.49. The lowest BCUT2D eigenvalue weighted by Gasteiger charge is -2.06. The van der Waals surface area contributed by atoms with Gasteiger partial charge < -0.3 is 5.73 Å². The lowest BCUT2D eigenvalue weighted by Crippen LogP contribution is -2.29. The quantitative estimate of drug-likeness (QED) is 0.630. The molecule has 1 atom stereocenters. The van der Waals surface area contributed by atoms with Crippen LogP contribution >= 0.6 is 0 Å². The third-order valence-electron chi connectivity index (χ3n) is 1.72. The van der Waals surface area contributed by atoms with Gasteiger partial charge in [0.15, 0.2) is 5.78 Å². The molecule has 68 valence electrons. The van der Waals surface area contributed by atoms with Crippen molar-refractivity contribution in [3.63, 3.8) is 0 Å². The number of carbonyl (C=O) groups excluding carboxylic acids is 1. The first-order valence-electron chi connectivity index (χ1n) is 4.40. The maximum atomic E-state index is 11.2.